The summed E-state index contributed by atoms with van der Waals surface area (Å²) in [5.74, 6) is 0.595. The maximum Gasteiger partial charge on any atom is 0.234 e. The number of pyridine rings is 1. The van der Waals surface area contributed by atoms with Gasteiger partial charge in [-0.1, -0.05) is 47.1 Å². The standard InChI is InChI=1S/C24H21Cl2N5OS/c1-14-11-15(2)22(19(26)12-14)28-21(32)13-33-24-30-29-23(17-7-9-27-10-8-17)31(24)20-6-4-5-18(25)16(20)3/h4-12H,13H2,1-3H3,(H,28,32). The molecule has 0 aliphatic carbocycles. The van der Waals surface area contributed by atoms with Gasteiger partial charge in [-0.05, 0) is 67.8 Å². The van der Waals surface area contributed by atoms with Crippen LogP contribution in [0.25, 0.3) is 17.1 Å². The normalized spacial score (nSPS) is 10.9. The summed E-state index contributed by atoms with van der Waals surface area (Å²) in [5, 5.41) is 13.4. The Labute approximate surface area is 206 Å². The molecule has 0 spiro atoms. The molecule has 1 amide bonds. The number of hydrogen-bond acceptors (Lipinski definition) is 5. The van der Waals surface area contributed by atoms with Gasteiger partial charge in [0, 0.05) is 23.0 Å². The molecule has 0 unspecified atom stereocenters. The molecule has 33 heavy (non-hydrogen) atoms. The lowest BCUT2D eigenvalue weighted by molar-refractivity contribution is -0.113. The number of thioether (sulfide) groups is 1. The molecule has 0 saturated heterocycles. The maximum absolute atomic E-state index is 12.7. The molecule has 4 aromatic rings. The predicted octanol–water partition coefficient (Wildman–Crippen LogP) is 6.29. The molecule has 0 atom stereocenters. The van der Waals surface area contributed by atoms with Crippen molar-refractivity contribution in [3.05, 3.63) is 81.6 Å². The number of carbonyl (C=O) groups is 1. The second-order valence-electron chi connectivity index (χ2n) is 7.54. The van der Waals surface area contributed by atoms with Gasteiger partial charge < -0.3 is 5.32 Å². The van der Waals surface area contributed by atoms with Crippen molar-refractivity contribution in [1.29, 1.82) is 0 Å². The minimum Gasteiger partial charge on any atom is -0.324 e. The van der Waals surface area contributed by atoms with Crippen LogP contribution in [-0.4, -0.2) is 31.4 Å². The van der Waals surface area contributed by atoms with Crippen molar-refractivity contribution in [2.75, 3.05) is 11.1 Å². The van der Waals surface area contributed by atoms with Crippen LogP contribution in [0.4, 0.5) is 5.69 Å². The van der Waals surface area contributed by atoms with Crippen LogP contribution in [0.3, 0.4) is 0 Å². The van der Waals surface area contributed by atoms with Crippen LogP contribution in [0.15, 0.2) is 60.0 Å². The smallest absolute Gasteiger partial charge is 0.234 e. The second kappa shape index (κ2) is 9.95. The molecule has 0 aliphatic heterocycles. The van der Waals surface area contributed by atoms with E-state index in [-0.39, 0.29) is 11.7 Å². The molecule has 2 aromatic heterocycles. The van der Waals surface area contributed by atoms with Gasteiger partial charge in [0.15, 0.2) is 11.0 Å². The number of anilines is 1. The van der Waals surface area contributed by atoms with Gasteiger partial charge in [-0.25, -0.2) is 0 Å². The molecular weight excluding hydrogens is 477 g/mol. The summed E-state index contributed by atoms with van der Waals surface area (Å²) in [5.41, 5.74) is 5.17. The summed E-state index contributed by atoms with van der Waals surface area (Å²) < 4.78 is 1.92. The second-order valence-corrected chi connectivity index (χ2v) is 9.29. The summed E-state index contributed by atoms with van der Waals surface area (Å²) in [6.07, 6.45) is 3.40. The van der Waals surface area contributed by atoms with Gasteiger partial charge in [0.25, 0.3) is 0 Å². The van der Waals surface area contributed by atoms with E-state index in [4.69, 9.17) is 23.2 Å². The van der Waals surface area contributed by atoms with E-state index < -0.39 is 0 Å². The molecule has 4 rings (SSSR count). The van der Waals surface area contributed by atoms with Gasteiger partial charge in [-0.15, -0.1) is 10.2 Å². The van der Waals surface area contributed by atoms with Gasteiger partial charge in [0.2, 0.25) is 5.91 Å². The van der Waals surface area contributed by atoms with Crippen LogP contribution in [0.2, 0.25) is 10.0 Å². The highest BCUT2D eigenvalue weighted by molar-refractivity contribution is 7.99. The highest BCUT2D eigenvalue weighted by Crippen LogP contribution is 2.32. The Morgan fingerprint density at radius 1 is 1.03 bits per heavy atom. The van der Waals surface area contributed by atoms with Crippen molar-refractivity contribution in [3.8, 4) is 17.1 Å². The van der Waals surface area contributed by atoms with Crippen molar-refractivity contribution in [2.45, 2.75) is 25.9 Å². The Kier molecular flexibility index (Phi) is 7.02. The van der Waals surface area contributed by atoms with E-state index in [1.165, 1.54) is 11.8 Å². The van der Waals surface area contributed by atoms with Crippen LogP contribution < -0.4 is 5.32 Å². The van der Waals surface area contributed by atoms with Crippen molar-refractivity contribution in [3.63, 3.8) is 0 Å². The number of amides is 1. The lowest BCUT2D eigenvalue weighted by Crippen LogP contribution is -2.16. The largest absolute Gasteiger partial charge is 0.324 e. The fourth-order valence-electron chi connectivity index (χ4n) is 3.49. The number of hydrogen-bond donors (Lipinski definition) is 1. The number of carbonyl (C=O) groups excluding carboxylic acids is 1. The van der Waals surface area contributed by atoms with Gasteiger partial charge in [-0.3, -0.25) is 14.3 Å². The number of rotatable bonds is 6. The lowest BCUT2D eigenvalue weighted by atomic mass is 10.1. The van der Waals surface area contributed by atoms with Crippen LogP contribution >= 0.6 is 35.0 Å². The highest BCUT2D eigenvalue weighted by atomic mass is 35.5. The quantitative estimate of drug-likeness (QED) is 0.316. The molecule has 9 heteroatoms. The summed E-state index contributed by atoms with van der Waals surface area (Å²) in [6, 6.07) is 13.2. The Morgan fingerprint density at radius 3 is 2.52 bits per heavy atom. The number of benzene rings is 2. The van der Waals surface area contributed by atoms with E-state index >= 15 is 0 Å². The molecule has 6 nitrogen and oxygen atoms in total. The number of halogens is 2. The first-order valence-corrected chi connectivity index (χ1v) is 11.9. The van der Waals surface area contributed by atoms with Crippen LogP contribution in [0.1, 0.15) is 16.7 Å². The summed E-state index contributed by atoms with van der Waals surface area (Å²) in [7, 11) is 0. The monoisotopic (exact) mass is 497 g/mol. The van der Waals surface area contributed by atoms with Gasteiger partial charge in [0.05, 0.1) is 22.2 Å². The van der Waals surface area contributed by atoms with E-state index in [0.717, 1.165) is 27.9 Å². The number of nitrogens with one attached hydrogen (secondary N) is 1. The van der Waals surface area contributed by atoms with Crippen LogP contribution in [0.5, 0.6) is 0 Å². The van der Waals surface area contributed by atoms with E-state index in [9.17, 15) is 4.79 Å². The molecule has 0 aliphatic rings. The predicted molar refractivity (Wildman–Crippen MR) is 135 cm³/mol. The fraction of sp³-hybridized carbons (Fsp3) is 0.167. The molecular formula is C24H21Cl2N5OS. The topological polar surface area (TPSA) is 72.7 Å². The van der Waals surface area contributed by atoms with Crippen molar-refractivity contribution >= 4 is 46.6 Å². The van der Waals surface area contributed by atoms with Gasteiger partial charge in [0.1, 0.15) is 0 Å². The minimum atomic E-state index is -0.184. The fourth-order valence-corrected chi connectivity index (χ4v) is 4.77. The Balaban J connectivity index is 1.64. The maximum atomic E-state index is 12.7. The zero-order valence-corrected chi connectivity index (χ0v) is 20.6. The lowest BCUT2D eigenvalue weighted by Gasteiger charge is -2.14. The number of nitrogens with zero attached hydrogens (tertiary/aromatic N) is 4. The van der Waals surface area contributed by atoms with E-state index in [2.05, 4.69) is 20.5 Å². The SMILES string of the molecule is Cc1cc(C)c(NC(=O)CSc2nnc(-c3ccncc3)n2-c2cccc(Cl)c2C)c(Cl)c1. The van der Waals surface area contributed by atoms with E-state index in [0.29, 0.717) is 26.7 Å². The molecule has 0 saturated carbocycles. The van der Waals surface area contributed by atoms with E-state index in [1.54, 1.807) is 12.4 Å². The molecule has 0 fully saturated rings. The molecule has 168 valence electrons. The third kappa shape index (κ3) is 5.05. The minimum absolute atomic E-state index is 0.137. The Hall–Kier alpha value is -2.87. The van der Waals surface area contributed by atoms with Crippen molar-refractivity contribution in [2.24, 2.45) is 0 Å². The molecule has 2 aromatic carbocycles. The number of aryl methyl sites for hydroxylation is 2. The Bertz CT molecular complexity index is 1300. The summed E-state index contributed by atoms with van der Waals surface area (Å²) >= 11 is 14.0. The first-order chi connectivity index (χ1) is 15.8. The van der Waals surface area contributed by atoms with Gasteiger partial charge in [-0.2, -0.15) is 0 Å². The third-order valence-electron chi connectivity index (χ3n) is 5.08. The Morgan fingerprint density at radius 2 is 1.79 bits per heavy atom. The first kappa shape index (κ1) is 23.3. The highest BCUT2D eigenvalue weighted by Gasteiger charge is 2.20. The average molecular weight is 498 g/mol. The first-order valence-electron chi connectivity index (χ1n) is 10.2. The van der Waals surface area contributed by atoms with Crippen LogP contribution in [-0.2, 0) is 4.79 Å². The van der Waals surface area contributed by atoms with E-state index in [1.807, 2.05) is 67.8 Å². The summed E-state index contributed by atoms with van der Waals surface area (Å²) in [6.45, 7) is 5.82. The zero-order chi connectivity index (χ0) is 23.5. The molecule has 2 heterocycles. The van der Waals surface area contributed by atoms with Crippen molar-refractivity contribution < 1.29 is 4.79 Å². The third-order valence-corrected chi connectivity index (χ3v) is 6.72. The van der Waals surface area contributed by atoms with Crippen LogP contribution in [0, 0.1) is 20.8 Å². The zero-order valence-electron chi connectivity index (χ0n) is 18.3. The number of aromatic nitrogens is 4. The van der Waals surface area contributed by atoms with Gasteiger partial charge >= 0.3 is 0 Å². The summed E-state index contributed by atoms with van der Waals surface area (Å²) in [4.78, 5) is 16.8. The molecule has 0 radical (unpaired) electrons. The average Bonchev–Trinajstić information content (AvgIpc) is 3.21. The van der Waals surface area contributed by atoms with Crippen molar-refractivity contribution in [1.82, 2.24) is 19.7 Å². The molecule has 1 N–H and O–H groups in total. The molecule has 0 bridgehead atoms.